The van der Waals surface area contributed by atoms with Crippen molar-refractivity contribution in [3.63, 3.8) is 0 Å². The van der Waals surface area contributed by atoms with E-state index < -0.39 is 12.2 Å². The monoisotopic (exact) mass is 635 g/mol. The number of aliphatic hydroxyl groups excluding tert-OH is 2. The molecule has 0 saturated heterocycles. The maximum Gasteiger partial charge on any atom is 0.176 e. The van der Waals surface area contributed by atoms with Crippen LogP contribution in [-0.2, 0) is 19.2 Å². The molecule has 0 radical (unpaired) electrons. The lowest BCUT2D eigenvalue weighted by Crippen LogP contribution is -2.23. The number of para-hydroxylation sites is 2. The van der Waals surface area contributed by atoms with Crippen molar-refractivity contribution in [2.75, 3.05) is 46.8 Å². The highest BCUT2D eigenvalue weighted by Gasteiger charge is 2.19. The van der Waals surface area contributed by atoms with Gasteiger partial charge in [-0.2, -0.15) is 9.78 Å². The molecule has 0 spiro atoms. The fourth-order valence-electron chi connectivity index (χ4n) is 4.11. The molecular weight excluding hydrogens is 594 g/mol. The maximum absolute atomic E-state index is 10.2. The highest BCUT2D eigenvalue weighted by atomic mass is 17.2. The first-order valence-electron chi connectivity index (χ1n) is 15.2. The van der Waals surface area contributed by atoms with Crippen LogP contribution in [0, 0.1) is 0 Å². The third-order valence-electron chi connectivity index (χ3n) is 6.38. The van der Waals surface area contributed by atoms with Gasteiger partial charge < -0.3 is 34.2 Å². The van der Waals surface area contributed by atoms with Crippen molar-refractivity contribution in [1.82, 2.24) is 15.0 Å². The first-order chi connectivity index (χ1) is 22.5. The Balaban J connectivity index is 1.63. The van der Waals surface area contributed by atoms with Crippen LogP contribution in [0.4, 0.5) is 0 Å². The summed E-state index contributed by atoms with van der Waals surface area (Å²) in [5.74, 6) is 2.38. The topological polar surface area (TPSA) is 144 Å². The Hall–Kier alpha value is -4.17. The quantitative estimate of drug-likeness (QED) is 0.0760. The summed E-state index contributed by atoms with van der Waals surface area (Å²) < 4.78 is 16.1. The van der Waals surface area contributed by atoms with Crippen molar-refractivity contribution in [2.24, 2.45) is 0 Å². The van der Waals surface area contributed by atoms with Gasteiger partial charge in [-0.1, -0.05) is 38.1 Å². The molecule has 0 bridgehead atoms. The highest BCUT2D eigenvalue weighted by Crippen LogP contribution is 2.33. The lowest BCUT2D eigenvalue weighted by molar-refractivity contribution is -0.227. The van der Waals surface area contributed by atoms with Crippen LogP contribution < -0.4 is 14.5 Å². The molecule has 0 aliphatic rings. The van der Waals surface area contributed by atoms with Crippen LogP contribution in [0.15, 0.2) is 72.8 Å². The Morgan fingerprint density at radius 3 is 1.50 bits per heavy atom. The smallest absolute Gasteiger partial charge is 0.176 e. The van der Waals surface area contributed by atoms with E-state index in [0.29, 0.717) is 59.1 Å². The van der Waals surface area contributed by atoms with E-state index in [9.17, 15) is 10.2 Å². The second-order valence-electron chi connectivity index (χ2n) is 10.2. The van der Waals surface area contributed by atoms with Gasteiger partial charge >= 0.3 is 0 Å². The lowest BCUT2D eigenvalue weighted by atomic mass is 10.1. The first kappa shape index (κ1) is 34.7. The largest absolute Gasteiger partial charge is 0.497 e. The fourth-order valence-corrected chi connectivity index (χ4v) is 4.11. The summed E-state index contributed by atoms with van der Waals surface area (Å²) in [5, 5.41) is 20.3. The average Bonchev–Trinajstić information content (AvgIpc) is 3.09. The van der Waals surface area contributed by atoms with Crippen LogP contribution in [0.3, 0.4) is 0 Å². The summed E-state index contributed by atoms with van der Waals surface area (Å²) in [5.41, 5.74) is 1.78. The van der Waals surface area contributed by atoms with E-state index in [-0.39, 0.29) is 26.4 Å². The van der Waals surface area contributed by atoms with Crippen LogP contribution in [0.25, 0.3) is 34.2 Å². The number of aromatic nitrogens is 3. The van der Waals surface area contributed by atoms with E-state index in [4.69, 9.17) is 48.7 Å². The number of hydrogen-bond acceptors (Lipinski definition) is 12. The number of benzene rings is 3. The Morgan fingerprint density at radius 2 is 1.04 bits per heavy atom. The Labute approximate surface area is 268 Å². The molecule has 1 heterocycles. The molecular formula is C34H41N3O9. The molecule has 0 aliphatic heterocycles. The number of rotatable bonds is 20. The van der Waals surface area contributed by atoms with Gasteiger partial charge in [-0.15, -0.1) is 0 Å². The van der Waals surface area contributed by atoms with Crippen molar-refractivity contribution >= 4 is 0 Å². The van der Waals surface area contributed by atoms with Crippen LogP contribution in [0.2, 0.25) is 0 Å². The summed E-state index contributed by atoms with van der Waals surface area (Å²) in [4.78, 5) is 36.3. The Morgan fingerprint density at radius 1 is 0.587 bits per heavy atom. The van der Waals surface area contributed by atoms with E-state index in [1.165, 1.54) is 0 Å². The maximum atomic E-state index is 10.2. The van der Waals surface area contributed by atoms with E-state index in [1.807, 2.05) is 50.2 Å². The van der Waals surface area contributed by atoms with Crippen molar-refractivity contribution in [2.45, 2.75) is 38.9 Å². The molecule has 46 heavy (non-hydrogen) atoms. The molecule has 12 nitrogen and oxygen atoms in total. The summed E-state index contributed by atoms with van der Waals surface area (Å²) in [6.07, 6.45) is -0.00292. The third-order valence-corrected chi connectivity index (χ3v) is 6.38. The number of hydrogen-bond donors (Lipinski definition) is 2. The van der Waals surface area contributed by atoms with Crippen LogP contribution in [0.1, 0.15) is 26.7 Å². The predicted molar refractivity (Wildman–Crippen MR) is 170 cm³/mol. The average molecular weight is 636 g/mol. The van der Waals surface area contributed by atoms with Gasteiger partial charge in [0.25, 0.3) is 0 Å². The van der Waals surface area contributed by atoms with Gasteiger partial charge in [0, 0.05) is 18.8 Å². The van der Waals surface area contributed by atoms with Crippen LogP contribution in [0.5, 0.6) is 17.2 Å². The summed E-state index contributed by atoms with van der Waals surface area (Å²) in [6.45, 7) is 5.17. The third kappa shape index (κ3) is 10.4. The molecule has 4 aromatic rings. The van der Waals surface area contributed by atoms with Crippen LogP contribution >= 0.6 is 0 Å². The van der Waals surface area contributed by atoms with Gasteiger partial charge in [-0.05, 0) is 61.4 Å². The molecule has 3 aromatic carbocycles. The minimum Gasteiger partial charge on any atom is -0.497 e. The Bertz CT molecular complexity index is 1390. The molecule has 0 fully saturated rings. The second kappa shape index (κ2) is 18.7. The van der Waals surface area contributed by atoms with Crippen molar-refractivity contribution in [3.05, 3.63) is 72.8 Å². The van der Waals surface area contributed by atoms with Gasteiger partial charge in [-0.25, -0.2) is 15.0 Å². The van der Waals surface area contributed by atoms with E-state index >= 15 is 0 Å². The van der Waals surface area contributed by atoms with Gasteiger partial charge in [0.2, 0.25) is 0 Å². The van der Waals surface area contributed by atoms with Gasteiger partial charge in [0.1, 0.15) is 31.2 Å². The fraction of sp³-hybridized carbons (Fsp3) is 0.382. The van der Waals surface area contributed by atoms with Gasteiger partial charge in [-0.3, -0.25) is 0 Å². The molecule has 2 unspecified atom stereocenters. The summed E-state index contributed by atoms with van der Waals surface area (Å²) >= 11 is 0. The normalized spacial score (nSPS) is 12.5. The molecule has 0 amide bonds. The van der Waals surface area contributed by atoms with Crippen molar-refractivity contribution in [3.8, 4) is 51.4 Å². The predicted octanol–water partition coefficient (Wildman–Crippen LogP) is 5.08. The zero-order valence-electron chi connectivity index (χ0n) is 26.3. The molecule has 0 saturated carbocycles. The number of nitrogens with zero attached hydrogens (tertiary/aromatic N) is 3. The molecule has 246 valence electrons. The molecule has 1 aromatic heterocycles. The van der Waals surface area contributed by atoms with Crippen LogP contribution in [-0.4, -0.2) is 84.1 Å². The van der Waals surface area contributed by atoms with E-state index in [0.717, 1.165) is 18.4 Å². The zero-order valence-corrected chi connectivity index (χ0v) is 26.3. The summed E-state index contributed by atoms with van der Waals surface area (Å²) in [6, 6.07) is 21.6. The standard InChI is InChI=1S/C34H41N3O9/c1-4-18-41-20-25(38)22-43-45-30-12-8-6-10-28(30)33-35-32(24-14-16-27(40-3)17-15-24)36-34(37-33)29-11-7-9-13-31(29)46-44-23-26(39)21-42-19-5-2/h6-17,25-26,38-39H,4-5,18-23H2,1-3H3. The lowest BCUT2D eigenvalue weighted by Gasteiger charge is -2.15. The second-order valence-corrected chi connectivity index (χ2v) is 10.2. The molecule has 12 heteroatoms. The van der Waals surface area contributed by atoms with Gasteiger partial charge in [0.15, 0.2) is 29.0 Å². The SMILES string of the molecule is CCCOCC(O)COOc1ccccc1-c1nc(-c2ccc(OC)cc2)nc(-c2ccccc2OOCC(O)COCCC)n1. The van der Waals surface area contributed by atoms with Crippen molar-refractivity contribution in [1.29, 1.82) is 0 Å². The molecule has 2 N–H and O–H groups in total. The van der Waals surface area contributed by atoms with Crippen molar-refractivity contribution < 1.29 is 44.0 Å². The molecule has 2 atom stereocenters. The number of ether oxygens (including phenoxy) is 3. The Kier molecular flexibility index (Phi) is 14.1. The number of aliphatic hydroxyl groups is 2. The molecule has 0 aliphatic carbocycles. The van der Waals surface area contributed by atoms with Gasteiger partial charge in [0.05, 0.1) is 31.5 Å². The highest BCUT2D eigenvalue weighted by molar-refractivity contribution is 5.72. The molecule has 4 rings (SSSR count). The number of methoxy groups -OCH3 is 1. The minimum atomic E-state index is -0.854. The first-order valence-corrected chi connectivity index (χ1v) is 15.2. The van der Waals surface area contributed by atoms with E-state index in [2.05, 4.69) is 0 Å². The minimum absolute atomic E-state index is 0.0955. The van der Waals surface area contributed by atoms with E-state index in [1.54, 1.807) is 43.5 Å². The summed E-state index contributed by atoms with van der Waals surface area (Å²) in [7, 11) is 1.60. The zero-order chi connectivity index (χ0) is 32.6.